The van der Waals surface area contributed by atoms with Crippen LogP contribution in [0.25, 0.3) is 0 Å². The van der Waals surface area contributed by atoms with Gasteiger partial charge in [-0.2, -0.15) is 0 Å². The standard InChI is InChI=1S/C14H22N2O3/c1-10-11(17)5-4-6-12(10)19-8-7-13(18)16-9-14(2,3)15/h4-6,17H,7-9,15H2,1-3H3,(H,16,18). The van der Waals surface area contributed by atoms with Crippen molar-refractivity contribution in [2.24, 2.45) is 5.73 Å². The molecule has 0 fully saturated rings. The van der Waals surface area contributed by atoms with Crippen LogP contribution in [0, 0.1) is 6.92 Å². The summed E-state index contributed by atoms with van der Waals surface area (Å²) in [7, 11) is 0. The third-order valence-corrected chi connectivity index (χ3v) is 2.58. The molecule has 1 amide bonds. The second-order valence-electron chi connectivity index (χ2n) is 5.26. The van der Waals surface area contributed by atoms with E-state index >= 15 is 0 Å². The molecule has 0 bridgehead atoms. The van der Waals surface area contributed by atoms with Crippen LogP contribution < -0.4 is 15.8 Å². The Morgan fingerprint density at radius 3 is 2.79 bits per heavy atom. The molecule has 1 aromatic rings. The predicted molar refractivity (Wildman–Crippen MR) is 74.2 cm³/mol. The van der Waals surface area contributed by atoms with E-state index in [0.29, 0.717) is 17.9 Å². The summed E-state index contributed by atoms with van der Waals surface area (Å²) in [5, 5.41) is 12.3. The van der Waals surface area contributed by atoms with Gasteiger partial charge in [-0.25, -0.2) is 0 Å². The van der Waals surface area contributed by atoms with Gasteiger partial charge in [0.1, 0.15) is 11.5 Å². The van der Waals surface area contributed by atoms with Crippen molar-refractivity contribution >= 4 is 5.91 Å². The third-order valence-electron chi connectivity index (χ3n) is 2.58. The summed E-state index contributed by atoms with van der Waals surface area (Å²) in [5.74, 6) is 0.676. The van der Waals surface area contributed by atoms with Gasteiger partial charge < -0.3 is 20.9 Å². The minimum absolute atomic E-state index is 0.101. The number of carbonyl (C=O) groups is 1. The van der Waals surface area contributed by atoms with Crippen molar-refractivity contribution in [3.63, 3.8) is 0 Å². The molecule has 0 radical (unpaired) electrons. The lowest BCUT2D eigenvalue weighted by Crippen LogP contribution is -2.45. The van der Waals surface area contributed by atoms with E-state index in [1.807, 2.05) is 13.8 Å². The van der Waals surface area contributed by atoms with Crippen molar-refractivity contribution in [3.05, 3.63) is 23.8 Å². The average molecular weight is 266 g/mol. The van der Waals surface area contributed by atoms with E-state index in [1.165, 1.54) is 0 Å². The summed E-state index contributed by atoms with van der Waals surface area (Å²) in [6, 6.07) is 5.06. The predicted octanol–water partition coefficient (Wildman–Crippen LogP) is 1.32. The maximum atomic E-state index is 11.5. The van der Waals surface area contributed by atoms with E-state index in [0.717, 1.165) is 0 Å². The zero-order chi connectivity index (χ0) is 14.5. The molecule has 0 aliphatic rings. The molecule has 0 saturated heterocycles. The lowest BCUT2D eigenvalue weighted by Gasteiger charge is -2.19. The van der Waals surface area contributed by atoms with Crippen LogP contribution in [0.1, 0.15) is 25.8 Å². The number of rotatable bonds is 6. The highest BCUT2D eigenvalue weighted by Crippen LogP contribution is 2.25. The first kappa shape index (κ1) is 15.3. The minimum Gasteiger partial charge on any atom is -0.508 e. The number of phenols is 1. The number of nitrogens with two attached hydrogens (primary N) is 1. The van der Waals surface area contributed by atoms with E-state index in [4.69, 9.17) is 10.5 Å². The fourth-order valence-corrected chi connectivity index (χ4v) is 1.43. The third kappa shape index (κ3) is 5.61. The summed E-state index contributed by atoms with van der Waals surface area (Å²) >= 11 is 0. The molecule has 19 heavy (non-hydrogen) atoms. The highest BCUT2D eigenvalue weighted by molar-refractivity contribution is 5.76. The number of phenolic OH excluding ortho intramolecular Hbond substituents is 1. The topological polar surface area (TPSA) is 84.6 Å². The van der Waals surface area contributed by atoms with Crippen LogP contribution in [0.4, 0.5) is 0 Å². The quantitative estimate of drug-likeness (QED) is 0.725. The second-order valence-corrected chi connectivity index (χ2v) is 5.26. The van der Waals surface area contributed by atoms with Gasteiger partial charge in [-0.05, 0) is 32.9 Å². The van der Waals surface area contributed by atoms with Crippen molar-refractivity contribution < 1.29 is 14.6 Å². The van der Waals surface area contributed by atoms with Gasteiger partial charge in [0, 0.05) is 17.6 Å². The molecule has 5 heteroatoms. The van der Waals surface area contributed by atoms with E-state index in [1.54, 1.807) is 25.1 Å². The van der Waals surface area contributed by atoms with E-state index in [2.05, 4.69) is 5.32 Å². The smallest absolute Gasteiger partial charge is 0.223 e. The average Bonchev–Trinajstić information content (AvgIpc) is 2.31. The van der Waals surface area contributed by atoms with E-state index in [9.17, 15) is 9.90 Å². The Kier molecular flexibility index (Phi) is 5.18. The van der Waals surface area contributed by atoms with Crippen molar-refractivity contribution in [1.29, 1.82) is 0 Å². The van der Waals surface area contributed by atoms with Crippen LogP contribution >= 0.6 is 0 Å². The van der Waals surface area contributed by atoms with Crippen molar-refractivity contribution in [2.75, 3.05) is 13.2 Å². The Bertz CT molecular complexity index is 439. The molecule has 106 valence electrons. The van der Waals surface area contributed by atoms with Gasteiger partial charge in [-0.1, -0.05) is 6.07 Å². The molecule has 4 N–H and O–H groups in total. The summed E-state index contributed by atoms with van der Waals surface area (Å²) in [6.07, 6.45) is 0.255. The van der Waals surface area contributed by atoms with Crippen molar-refractivity contribution in [1.82, 2.24) is 5.32 Å². The molecule has 0 aromatic heterocycles. The number of benzene rings is 1. The van der Waals surface area contributed by atoms with Crippen LogP contribution in [0.3, 0.4) is 0 Å². The molecule has 0 atom stereocenters. The lowest BCUT2D eigenvalue weighted by molar-refractivity contribution is -0.121. The zero-order valence-electron chi connectivity index (χ0n) is 11.7. The Balaban J connectivity index is 2.34. The van der Waals surface area contributed by atoms with Gasteiger partial charge in [0.2, 0.25) is 5.91 Å². The molecule has 1 aromatic carbocycles. The summed E-state index contributed by atoms with van der Waals surface area (Å²) in [5.41, 5.74) is 6.02. The molecular formula is C14H22N2O3. The maximum Gasteiger partial charge on any atom is 0.223 e. The van der Waals surface area contributed by atoms with E-state index < -0.39 is 5.54 Å². The van der Waals surface area contributed by atoms with Gasteiger partial charge in [-0.15, -0.1) is 0 Å². The SMILES string of the molecule is Cc1c(O)cccc1OCCC(=O)NCC(C)(C)N. The Morgan fingerprint density at radius 2 is 2.16 bits per heavy atom. The maximum absolute atomic E-state index is 11.5. The number of ether oxygens (including phenoxy) is 1. The fourth-order valence-electron chi connectivity index (χ4n) is 1.43. The van der Waals surface area contributed by atoms with E-state index in [-0.39, 0.29) is 24.7 Å². The molecule has 0 unspecified atom stereocenters. The highest BCUT2D eigenvalue weighted by Gasteiger charge is 2.12. The molecule has 0 saturated carbocycles. The number of hydrogen-bond donors (Lipinski definition) is 3. The number of aromatic hydroxyl groups is 1. The monoisotopic (exact) mass is 266 g/mol. The first-order valence-corrected chi connectivity index (χ1v) is 6.26. The first-order valence-electron chi connectivity index (χ1n) is 6.26. The summed E-state index contributed by atoms with van der Waals surface area (Å²) in [6.45, 7) is 6.15. The number of nitrogens with one attached hydrogen (secondary N) is 1. The van der Waals surface area contributed by atoms with Crippen molar-refractivity contribution in [3.8, 4) is 11.5 Å². The lowest BCUT2D eigenvalue weighted by atomic mass is 10.1. The van der Waals surface area contributed by atoms with Crippen LogP contribution in [0.15, 0.2) is 18.2 Å². The van der Waals surface area contributed by atoms with Crippen molar-refractivity contribution in [2.45, 2.75) is 32.7 Å². The normalized spacial score (nSPS) is 11.2. The molecular weight excluding hydrogens is 244 g/mol. The van der Waals surface area contributed by atoms with Gasteiger partial charge in [-0.3, -0.25) is 4.79 Å². The first-order chi connectivity index (χ1) is 8.79. The largest absolute Gasteiger partial charge is 0.508 e. The minimum atomic E-state index is -0.418. The van der Waals surface area contributed by atoms with Gasteiger partial charge in [0.05, 0.1) is 13.0 Å². The molecule has 0 spiro atoms. The second kappa shape index (κ2) is 6.43. The van der Waals surface area contributed by atoms with Gasteiger partial charge in [0.25, 0.3) is 0 Å². The molecule has 0 aliphatic carbocycles. The number of carbonyl (C=O) groups excluding carboxylic acids is 1. The van der Waals surface area contributed by atoms with Gasteiger partial charge in [0.15, 0.2) is 0 Å². The van der Waals surface area contributed by atoms with Gasteiger partial charge >= 0.3 is 0 Å². The molecule has 0 heterocycles. The number of hydrogen-bond acceptors (Lipinski definition) is 4. The van der Waals surface area contributed by atoms with Crippen LogP contribution in [-0.2, 0) is 4.79 Å². The molecule has 5 nitrogen and oxygen atoms in total. The summed E-state index contributed by atoms with van der Waals surface area (Å²) < 4.78 is 5.47. The Labute approximate surface area is 113 Å². The number of amides is 1. The zero-order valence-corrected chi connectivity index (χ0v) is 11.7. The van der Waals surface area contributed by atoms with Crippen LogP contribution in [0.5, 0.6) is 11.5 Å². The Hall–Kier alpha value is -1.75. The Morgan fingerprint density at radius 1 is 1.47 bits per heavy atom. The van der Waals surface area contributed by atoms with Crippen LogP contribution in [-0.4, -0.2) is 29.7 Å². The molecule has 0 aliphatic heterocycles. The van der Waals surface area contributed by atoms with Crippen LogP contribution in [0.2, 0.25) is 0 Å². The fraction of sp³-hybridized carbons (Fsp3) is 0.500. The molecule has 1 rings (SSSR count). The highest BCUT2D eigenvalue weighted by atomic mass is 16.5. The summed E-state index contributed by atoms with van der Waals surface area (Å²) in [4.78, 5) is 11.5.